The van der Waals surface area contributed by atoms with Crippen LogP contribution < -0.4 is 4.90 Å². The van der Waals surface area contributed by atoms with Gasteiger partial charge in [0.2, 0.25) is 0 Å². The van der Waals surface area contributed by atoms with Crippen molar-refractivity contribution in [2.45, 2.75) is 22.8 Å². The molecular weight excluding hydrogens is 378 g/mol. The number of hydrogen-bond acceptors (Lipinski definition) is 5. The van der Waals surface area contributed by atoms with Crippen molar-refractivity contribution in [2.75, 3.05) is 18.0 Å². The van der Waals surface area contributed by atoms with E-state index in [9.17, 15) is 4.79 Å². The van der Waals surface area contributed by atoms with Crippen LogP contribution in [0.3, 0.4) is 0 Å². The maximum Gasteiger partial charge on any atom is 0.308 e. The number of halogens is 1. The van der Waals surface area contributed by atoms with Crippen LogP contribution in [0.5, 0.6) is 0 Å². The summed E-state index contributed by atoms with van der Waals surface area (Å²) in [4.78, 5) is 14.2. The number of aliphatic carboxylic acids is 1. The molecule has 1 atom stereocenters. The minimum atomic E-state index is -0.731. The summed E-state index contributed by atoms with van der Waals surface area (Å²) in [6, 6.07) is 11.9. The standard InChI is InChI=1S/C16H16BrN3O2S/c17-12-3-5-13(6-4-12)23-15-8-7-14(18-19-15)20-9-1-2-11(10-20)16(21)22/h3-8,11H,1-2,9-10H2,(H,21,22). The molecule has 0 amide bonds. The molecule has 7 heteroatoms. The van der Waals surface area contributed by atoms with Crippen LogP contribution in [0.2, 0.25) is 0 Å². The van der Waals surface area contributed by atoms with Gasteiger partial charge in [0.05, 0.1) is 5.92 Å². The minimum Gasteiger partial charge on any atom is -0.481 e. The molecule has 5 nitrogen and oxygen atoms in total. The summed E-state index contributed by atoms with van der Waals surface area (Å²) in [5.41, 5.74) is 0. The zero-order valence-electron chi connectivity index (χ0n) is 12.4. The van der Waals surface area contributed by atoms with E-state index < -0.39 is 5.97 Å². The fourth-order valence-corrected chi connectivity index (χ4v) is 3.54. The normalized spacial score (nSPS) is 18.0. The second kappa shape index (κ2) is 7.31. The molecule has 0 bridgehead atoms. The molecule has 1 aromatic heterocycles. The molecule has 2 heterocycles. The van der Waals surface area contributed by atoms with Gasteiger partial charge in [0.1, 0.15) is 5.03 Å². The first-order valence-electron chi connectivity index (χ1n) is 7.37. The van der Waals surface area contributed by atoms with Crippen LogP contribution in [0.15, 0.2) is 50.8 Å². The molecule has 1 aromatic carbocycles. The van der Waals surface area contributed by atoms with Crippen LogP contribution in [0.4, 0.5) is 5.82 Å². The Labute approximate surface area is 147 Å². The van der Waals surface area contributed by atoms with Crippen molar-refractivity contribution in [1.82, 2.24) is 10.2 Å². The van der Waals surface area contributed by atoms with Gasteiger partial charge in [-0.1, -0.05) is 27.7 Å². The molecule has 1 unspecified atom stereocenters. The van der Waals surface area contributed by atoms with Crippen molar-refractivity contribution in [2.24, 2.45) is 5.92 Å². The Balaban J connectivity index is 1.67. The van der Waals surface area contributed by atoms with E-state index in [1.165, 1.54) is 0 Å². The Hall–Kier alpha value is -1.60. The Morgan fingerprint density at radius 2 is 2.00 bits per heavy atom. The highest BCUT2D eigenvalue weighted by Crippen LogP contribution is 2.28. The summed E-state index contributed by atoms with van der Waals surface area (Å²) in [6.07, 6.45) is 1.60. The molecule has 1 fully saturated rings. The summed E-state index contributed by atoms with van der Waals surface area (Å²) in [7, 11) is 0. The summed E-state index contributed by atoms with van der Waals surface area (Å²) < 4.78 is 1.04. The number of carbonyl (C=O) groups is 1. The second-order valence-electron chi connectivity index (χ2n) is 5.41. The highest BCUT2D eigenvalue weighted by atomic mass is 79.9. The first kappa shape index (κ1) is 16.3. The molecular formula is C16H16BrN3O2S. The summed E-state index contributed by atoms with van der Waals surface area (Å²) in [6.45, 7) is 1.33. The third-order valence-electron chi connectivity index (χ3n) is 3.76. The maximum atomic E-state index is 11.1. The van der Waals surface area contributed by atoms with Gasteiger partial charge in [-0.3, -0.25) is 4.79 Å². The fraction of sp³-hybridized carbons (Fsp3) is 0.312. The van der Waals surface area contributed by atoms with Crippen molar-refractivity contribution >= 4 is 39.5 Å². The molecule has 0 radical (unpaired) electrons. The summed E-state index contributed by atoms with van der Waals surface area (Å²) in [5, 5.41) is 18.5. The van der Waals surface area contributed by atoms with Crippen molar-refractivity contribution in [3.63, 3.8) is 0 Å². The number of piperidine rings is 1. The monoisotopic (exact) mass is 393 g/mol. The lowest BCUT2D eigenvalue weighted by Gasteiger charge is -2.31. The first-order valence-corrected chi connectivity index (χ1v) is 8.97. The van der Waals surface area contributed by atoms with Crippen LogP contribution in [-0.4, -0.2) is 34.4 Å². The van der Waals surface area contributed by atoms with E-state index in [-0.39, 0.29) is 5.92 Å². The van der Waals surface area contributed by atoms with Gasteiger partial charge >= 0.3 is 5.97 Å². The Kier molecular flexibility index (Phi) is 5.17. The van der Waals surface area contributed by atoms with Crippen LogP contribution in [0.1, 0.15) is 12.8 Å². The number of nitrogens with zero attached hydrogens (tertiary/aromatic N) is 3. The van der Waals surface area contributed by atoms with Crippen molar-refractivity contribution in [3.8, 4) is 0 Å². The van der Waals surface area contributed by atoms with E-state index >= 15 is 0 Å². The second-order valence-corrected chi connectivity index (χ2v) is 7.42. The highest BCUT2D eigenvalue weighted by molar-refractivity contribution is 9.10. The van der Waals surface area contributed by atoms with Gasteiger partial charge in [-0.25, -0.2) is 0 Å². The molecule has 1 aliphatic heterocycles. The van der Waals surface area contributed by atoms with Gasteiger partial charge in [-0.2, -0.15) is 0 Å². The van der Waals surface area contributed by atoms with Gasteiger partial charge in [0.15, 0.2) is 5.82 Å². The molecule has 120 valence electrons. The SMILES string of the molecule is O=C(O)C1CCCN(c2ccc(Sc3ccc(Br)cc3)nn2)C1. The topological polar surface area (TPSA) is 66.3 Å². The minimum absolute atomic E-state index is 0.317. The zero-order chi connectivity index (χ0) is 16.2. The van der Waals surface area contributed by atoms with E-state index in [0.717, 1.165) is 39.6 Å². The third-order valence-corrected chi connectivity index (χ3v) is 5.22. The molecule has 1 aliphatic rings. The van der Waals surface area contributed by atoms with Gasteiger partial charge in [-0.15, -0.1) is 10.2 Å². The quantitative estimate of drug-likeness (QED) is 0.853. The molecule has 23 heavy (non-hydrogen) atoms. The zero-order valence-corrected chi connectivity index (χ0v) is 14.8. The van der Waals surface area contributed by atoms with Gasteiger partial charge in [0.25, 0.3) is 0 Å². The highest BCUT2D eigenvalue weighted by Gasteiger charge is 2.26. The van der Waals surface area contributed by atoms with Crippen LogP contribution in [0, 0.1) is 5.92 Å². The van der Waals surface area contributed by atoms with Crippen molar-refractivity contribution < 1.29 is 9.90 Å². The Bertz CT molecular complexity index is 679. The van der Waals surface area contributed by atoms with E-state index in [4.69, 9.17) is 5.11 Å². The number of benzene rings is 1. The lowest BCUT2D eigenvalue weighted by Crippen LogP contribution is -2.39. The maximum absolute atomic E-state index is 11.1. The predicted octanol–water partition coefficient (Wildman–Crippen LogP) is 3.69. The number of rotatable bonds is 4. The number of carboxylic acids is 1. The number of carboxylic acid groups (broad SMARTS) is 1. The predicted molar refractivity (Wildman–Crippen MR) is 92.9 cm³/mol. The van der Waals surface area contributed by atoms with Gasteiger partial charge in [0, 0.05) is 22.5 Å². The average molecular weight is 394 g/mol. The third kappa shape index (κ3) is 4.23. The lowest BCUT2D eigenvalue weighted by atomic mass is 9.98. The average Bonchev–Trinajstić information content (AvgIpc) is 2.58. The number of aromatic nitrogens is 2. The molecule has 1 N–H and O–H groups in total. The lowest BCUT2D eigenvalue weighted by molar-refractivity contribution is -0.141. The van der Waals surface area contributed by atoms with Crippen LogP contribution in [0.25, 0.3) is 0 Å². The van der Waals surface area contributed by atoms with E-state index in [1.807, 2.05) is 41.3 Å². The van der Waals surface area contributed by atoms with Crippen molar-refractivity contribution in [3.05, 3.63) is 40.9 Å². The number of hydrogen-bond donors (Lipinski definition) is 1. The molecule has 1 saturated heterocycles. The largest absolute Gasteiger partial charge is 0.481 e. The van der Waals surface area contributed by atoms with Gasteiger partial charge in [-0.05, 0) is 49.2 Å². The molecule has 0 spiro atoms. The molecule has 2 aromatic rings. The van der Waals surface area contributed by atoms with Gasteiger partial charge < -0.3 is 10.0 Å². The fourth-order valence-electron chi connectivity index (χ4n) is 2.55. The summed E-state index contributed by atoms with van der Waals surface area (Å²) in [5.74, 6) is -0.302. The van der Waals surface area contributed by atoms with E-state index in [2.05, 4.69) is 26.1 Å². The van der Waals surface area contributed by atoms with Crippen LogP contribution >= 0.6 is 27.7 Å². The Morgan fingerprint density at radius 1 is 1.22 bits per heavy atom. The van der Waals surface area contributed by atoms with E-state index in [0.29, 0.717) is 6.54 Å². The molecule has 0 saturated carbocycles. The number of anilines is 1. The van der Waals surface area contributed by atoms with Crippen molar-refractivity contribution in [1.29, 1.82) is 0 Å². The van der Waals surface area contributed by atoms with E-state index in [1.54, 1.807) is 11.8 Å². The first-order chi connectivity index (χ1) is 11.1. The molecule has 0 aliphatic carbocycles. The molecule has 3 rings (SSSR count). The Morgan fingerprint density at radius 3 is 2.65 bits per heavy atom. The smallest absolute Gasteiger partial charge is 0.308 e. The van der Waals surface area contributed by atoms with Crippen LogP contribution in [-0.2, 0) is 4.79 Å². The summed E-state index contributed by atoms with van der Waals surface area (Å²) >= 11 is 4.96.